The van der Waals surface area contributed by atoms with Crippen LogP contribution in [-0.4, -0.2) is 61.9 Å². The van der Waals surface area contributed by atoms with Gasteiger partial charge in [-0.1, -0.05) is 34.1 Å². The Morgan fingerprint density at radius 2 is 1.65 bits per heavy atom. The average molecular weight is 607 g/mol. The molecule has 0 saturated carbocycles. The molecule has 5 rings (SSSR count). The minimum atomic E-state index is -1.50. The van der Waals surface area contributed by atoms with Gasteiger partial charge in [-0.3, -0.25) is 0 Å². The molecule has 1 N–H and O–H groups in total. The van der Waals surface area contributed by atoms with Crippen molar-refractivity contribution in [2.45, 2.75) is 17.9 Å². The molecule has 2 aromatic carbocycles. The second-order valence-corrected chi connectivity index (χ2v) is 10.9. The third-order valence-electron chi connectivity index (χ3n) is 7.21. The SMILES string of the molecule is COc1cc([C@](O)(CCN(C)C)[C@@H](c2cc3cc(Br)ccc3nc2OC)c2cccc3ccoc23)cc(OC)n1. The zero-order chi connectivity index (χ0) is 28.4. The molecule has 208 valence electrons. The topological polar surface area (TPSA) is 90.1 Å². The lowest BCUT2D eigenvalue weighted by Crippen LogP contribution is -2.38. The minimum Gasteiger partial charge on any atom is -0.481 e. The number of ether oxygens (including phenoxy) is 3. The Labute approximate surface area is 241 Å². The summed E-state index contributed by atoms with van der Waals surface area (Å²) in [5, 5.41) is 14.9. The van der Waals surface area contributed by atoms with Crippen LogP contribution in [0.15, 0.2) is 75.8 Å². The fourth-order valence-corrected chi connectivity index (χ4v) is 5.61. The van der Waals surface area contributed by atoms with Crippen molar-refractivity contribution in [2.24, 2.45) is 0 Å². The Hall–Kier alpha value is -3.66. The van der Waals surface area contributed by atoms with E-state index in [0.29, 0.717) is 47.3 Å². The van der Waals surface area contributed by atoms with Gasteiger partial charge in [0.1, 0.15) is 11.2 Å². The predicted octanol–water partition coefficient (Wildman–Crippen LogP) is 6.14. The van der Waals surface area contributed by atoms with E-state index in [9.17, 15) is 5.11 Å². The molecule has 0 amide bonds. The quantitative estimate of drug-likeness (QED) is 0.203. The first-order valence-electron chi connectivity index (χ1n) is 12.9. The first-order chi connectivity index (χ1) is 19.3. The van der Waals surface area contributed by atoms with Gasteiger partial charge in [-0.05, 0) is 56.4 Å². The lowest BCUT2D eigenvalue weighted by Gasteiger charge is -2.39. The molecule has 0 unspecified atom stereocenters. The van der Waals surface area contributed by atoms with Crippen molar-refractivity contribution >= 4 is 37.8 Å². The van der Waals surface area contributed by atoms with E-state index in [-0.39, 0.29) is 0 Å². The lowest BCUT2D eigenvalue weighted by molar-refractivity contribution is 0.00345. The zero-order valence-corrected chi connectivity index (χ0v) is 24.7. The molecule has 3 aromatic heterocycles. The summed E-state index contributed by atoms with van der Waals surface area (Å²) in [6.45, 7) is 0.586. The molecular weight excluding hydrogens is 574 g/mol. The summed E-state index contributed by atoms with van der Waals surface area (Å²) in [7, 11) is 8.63. The van der Waals surface area contributed by atoms with Crippen LogP contribution in [0.3, 0.4) is 0 Å². The lowest BCUT2D eigenvalue weighted by atomic mass is 9.71. The molecule has 0 aliphatic carbocycles. The Morgan fingerprint density at radius 1 is 0.900 bits per heavy atom. The summed E-state index contributed by atoms with van der Waals surface area (Å²) < 4.78 is 23.9. The Kier molecular flexibility index (Phi) is 7.98. The molecule has 9 heteroatoms. The van der Waals surface area contributed by atoms with Crippen LogP contribution in [0.25, 0.3) is 21.9 Å². The van der Waals surface area contributed by atoms with Gasteiger partial charge in [-0.15, -0.1) is 0 Å². The Bertz CT molecular complexity index is 1630. The van der Waals surface area contributed by atoms with Gasteiger partial charge in [0, 0.05) is 45.0 Å². The van der Waals surface area contributed by atoms with Crippen molar-refractivity contribution in [3.8, 4) is 17.6 Å². The van der Waals surface area contributed by atoms with Crippen LogP contribution in [0.1, 0.15) is 29.0 Å². The van der Waals surface area contributed by atoms with E-state index in [0.717, 1.165) is 26.3 Å². The second-order valence-electron chi connectivity index (χ2n) is 9.96. The molecule has 2 atom stereocenters. The first kappa shape index (κ1) is 27.9. The highest BCUT2D eigenvalue weighted by Crippen LogP contribution is 2.50. The number of halogens is 1. The monoisotopic (exact) mass is 605 g/mol. The van der Waals surface area contributed by atoms with E-state index in [2.05, 4.69) is 20.9 Å². The standard InChI is InChI=1S/C31H32BrN3O5/c1-35(2)13-12-31(36,21-17-26(37-3)34-27(18-21)38-4)28(23-8-6-7-19-11-14-40-29(19)23)24-16-20-15-22(32)9-10-25(20)33-30(24)39-5/h6-11,14-18,28,36H,12-13H2,1-5H3/t28-,31-/m1/s1. The molecule has 0 aliphatic heterocycles. The molecule has 3 heterocycles. The van der Waals surface area contributed by atoms with Crippen LogP contribution in [0.2, 0.25) is 0 Å². The summed E-state index contributed by atoms with van der Waals surface area (Å²) in [6, 6.07) is 19.3. The number of para-hydroxylation sites is 1. The molecule has 40 heavy (non-hydrogen) atoms. The summed E-state index contributed by atoms with van der Waals surface area (Å²) in [4.78, 5) is 11.3. The van der Waals surface area contributed by atoms with Crippen LogP contribution in [0.4, 0.5) is 0 Å². The number of benzene rings is 2. The molecule has 0 saturated heterocycles. The number of pyridine rings is 2. The van der Waals surface area contributed by atoms with Crippen molar-refractivity contribution in [1.82, 2.24) is 14.9 Å². The zero-order valence-electron chi connectivity index (χ0n) is 23.1. The number of fused-ring (bicyclic) bond motifs is 2. The van der Waals surface area contributed by atoms with Gasteiger partial charge in [0.2, 0.25) is 17.6 Å². The molecule has 0 radical (unpaired) electrons. The smallest absolute Gasteiger partial charge is 0.217 e. The highest BCUT2D eigenvalue weighted by molar-refractivity contribution is 9.10. The van der Waals surface area contributed by atoms with E-state index in [1.165, 1.54) is 0 Å². The van der Waals surface area contributed by atoms with Gasteiger partial charge in [-0.2, -0.15) is 4.98 Å². The fraction of sp³-hybridized carbons (Fsp3) is 0.290. The van der Waals surface area contributed by atoms with E-state index in [1.54, 1.807) is 39.7 Å². The van der Waals surface area contributed by atoms with Gasteiger partial charge in [-0.25, -0.2) is 4.98 Å². The maximum absolute atomic E-state index is 13.1. The van der Waals surface area contributed by atoms with Crippen LogP contribution in [0.5, 0.6) is 17.6 Å². The molecule has 5 aromatic rings. The Balaban J connectivity index is 1.88. The summed E-state index contributed by atoms with van der Waals surface area (Å²) in [5.74, 6) is 0.421. The fourth-order valence-electron chi connectivity index (χ4n) is 5.23. The summed E-state index contributed by atoms with van der Waals surface area (Å²) in [5.41, 5.74) is 2.07. The van der Waals surface area contributed by atoms with Crippen molar-refractivity contribution in [3.05, 3.63) is 88.1 Å². The van der Waals surface area contributed by atoms with Gasteiger partial charge in [0.05, 0.1) is 39.0 Å². The summed E-state index contributed by atoms with van der Waals surface area (Å²) in [6.07, 6.45) is 2.02. The minimum absolute atomic E-state index is 0.333. The number of aromatic nitrogens is 2. The molecule has 0 aliphatic rings. The van der Waals surface area contributed by atoms with Crippen LogP contribution in [-0.2, 0) is 5.60 Å². The molecule has 0 fully saturated rings. The van der Waals surface area contributed by atoms with E-state index >= 15 is 0 Å². The third-order valence-corrected chi connectivity index (χ3v) is 7.70. The van der Waals surface area contributed by atoms with Gasteiger partial charge >= 0.3 is 0 Å². The number of methoxy groups -OCH3 is 3. The number of hydrogen-bond donors (Lipinski definition) is 1. The molecular formula is C31H32BrN3O5. The van der Waals surface area contributed by atoms with E-state index in [4.69, 9.17) is 23.6 Å². The van der Waals surface area contributed by atoms with Crippen LogP contribution >= 0.6 is 15.9 Å². The van der Waals surface area contributed by atoms with Crippen LogP contribution in [0, 0.1) is 0 Å². The van der Waals surface area contributed by atoms with E-state index in [1.807, 2.05) is 67.5 Å². The predicted molar refractivity (Wildman–Crippen MR) is 158 cm³/mol. The molecule has 0 spiro atoms. The number of hydrogen-bond acceptors (Lipinski definition) is 8. The number of nitrogens with zero attached hydrogens (tertiary/aromatic N) is 3. The normalized spacial score (nSPS) is 13.9. The maximum atomic E-state index is 13.1. The summed E-state index contributed by atoms with van der Waals surface area (Å²) >= 11 is 3.59. The van der Waals surface area contributed by atoms with Crippen molar-refractivity contribution in [3.63, 3.8) is 0 Å². The highest BCUT2D eigenvalue weighted by Gasteiger charge is 2.44. The third kappa shape index (κ3) is 5.24. The number of rotatable bonds is 10. The van der Waals surface area contributed by atoms with Crippen molar-refractivity contribution in [1.29, 1.82) is 0 Å². The Morgan fingerprint density at radius 3 is 2.33 bits per heavy atom. The van der Waals surface area contributed by atoms with Gasteiger partial charge < -0.3 is 28.6 Å². The number of aliphatic hydroxyl groups is 1. The average Bonchev–Trinajstić information content (AvgIpc) is 3.45. The van der Waals surface area contributed by atoms with Crippen molar-refractivity contribution in [2.75, 3.05) is 42.0 Å². The second kappa shape index (κ2) is 11.4. The number of furan rings is 1. The van der Waals surface area contributed by atoms with Gasteiger partial charge in [0.15, 0.2) is 0 Å². The van der Waals surface area contributed by atoms with Crippen molar-refractivity contribution < 1.29 is 23.7 Å². The highest BCUT2D eigenvalue weighted by atomic mass is 79.9. The molecule has 8 nitrogen and oxygen atoms in total. The largest absolute Gasteiger partial charge is 0.481 e. The first-order valence-corrected chi connectivity index (χ1v) is 13.6. The van der Waals surface area contributed by atoms with Gasteiger partial charge in [0.25, 0.3) is 0 Å². The van der Waals surface area contributed by atoms with E-state index < -0.39 is 11.5 Å². The van der Waals surface area contributed by atoms with Crippen LogP contribution < -0.4 is 14.2 Å². The molecule has 0 bridgehead atoms. The maximum Gasteiger partial charge on any atom is 0.217 e.